The van der Waals surface area contributed by atoms with Crippen molar-refractivity contribution in [3.05, 3.63) is 29.8 Å². The van der Waals surface area contributed by atoms with Gasteiger partial charge in [0, 0.05) is 17.6 Å². The summed E-state index contributed by atoms with van der Waals surface area (Å²) in [5, 5.41) is 13.9. The molecule has 28 heavy (non-hydrogen) atoms. The predicted octanol–water partition coefficient (Wildman–Crippen LogP) is 3.77. The van der Waals surface area contributed by atoms with E-state index in [9.17, 15) is 9.59 Å². The second kappa shape index (κ2) is 9.23. The Bertz CT molecular complexity index is 841. The highest BCUT2D eigenvalue weighted by atomic mass is 32.2. The van der Waals surface area contributed by atoms with Gasteiger partial charge in [-0.1, -0.05) is 42.4 Å². The van der Waals surface area contributed by atoms with Gasteiger partial charge in [0.25, 0.3) is 0 Å². The van der Waals surface area contributed by atoms with Crippen LogP contribution >= 0.6 is 11.8 Å². The first kappa shape index (κ1) is 21.9. The van der Waals surface area contributed by atoms with Crippen molar-refractivity contribution in [3.8, 4) is 11.4 Å². The summed E-state index contributed by atoms with van der Waals surface area (Å²) in [7, 11) is 0. The van der Waals surface area contributed by atoms with Crippen molar-refractivity contribution in [2.45, 2.75) is 70.5 Å². The van der Waals surface area contributed by atoms with Crippen molar-refractivity contribution in [2.75, 3.05) is 0 Å². The van der Waals surface area contributed by atoms with Crippen molar-refractivity contribution in [2.24, 2.45) is 0 Å². The van der Waals surface area contributed by atoms with Crippen LogP contribution in [0.25, 0.3) is 11.4 Å². The van der Waals surface area contributed by atoms with E-state index in [4.69, 9.17) is 0 Å². The number of rotatable bonds is 6. The molecule has 2 aromatic rings. The van der Waals surface area contributed by atoms with E-state index >= 15 is 0 Å². The van der Waals surface area contributed by atoms with Gasteiger partial charge in [-0.2, -0.15) is 0 Å². The fraction of sp³-hybridized carbons (Fsp3) is 0.500. The fourth-order valence-corrected chi connectivity index (χ4v) is 3.47. The molecule has 0 aliphatic rings. The number of amides is 3. The average Bonchev–Trinajstić information content (AvgIpc) is 2.96. The van der Waals surface area contributed by atoms with Gasteiger partial charge in [-0.15, -0.1) is 10.2 Å². The van der Waals surface area contributed by atoms with E-state index in [1.807, 2.05) is 50.5 Å². The van der Waals surface area contributed by atoms with Crippen LogP contribution in [0.4, 0.5) is 4.79 Å². The highest BCUT2D eigenvalue weighted by molar-refractivity contribution is 8.00. The molecule has 1 aromatic carbocycles. The number of imide groups is 1. The lowest BCUT2D eigenvalue weighted by atomic mass is 10.1. The lowest BCUT2D eigenvalue weighted by molar-refractivity contribution is -0.119. The summed E-state index contributed by atoms with van der Waals surface area (Å²) in [5.41, 5.74) is 1.73. The molecule has 0 saturated carbocycles. The predicted molar refractivity (Wildman–Crippen MR) is 112 cm³/mol. The van der Waals surface area contributed by atoms with Crippen LogP contribution in [0, 0.1) is 6.92 Å². The molecular weight excluding hydrogens is 374 g/mol. The van der Waals surface area contributed by atoms with Crippen molar-refractivity contribution >= 4 is 23.7 Å². The number of nitrogens with zero attached hydrogens (tertiary/aromatic N) is 3. The number of hydrogen-bond acceptors (Lipinski definition) is 5. The van der Waals surface area contributed by atoms with Gasteiger partial charge in [0.1, 0.15) is 0 Å². The molecule has 0 aliphatic carbocycles. The topological polar surface area (TPSA) is 88.9 Å². The van der Waals surface area contributed by atoms with Gasteiger partial charge in [-0.25, -0.2) is 4.79 Å². The molecular formula is C20H29N5O2S. The Balaban J connectivity index is 2.15. The number of carbonyl (C=O) groups is 2. The summed E-state index contributed by atoms with van der Waals surface area (Å²) in [6.45, 7) is 12.2. The van der Waals surface area contributed by atoms with Crippen LogP contribution in [0.5, 0.6) is 0 Å². The molecule has 0 fully saturated rings. The van der Waals surface area contributed by atoms with Crippen molar-refractivity contribution in [1.82, 2.24) is 25.4 Å². The molecule has 1 atom stereocenters. The van der Waals surface area contributed by atoms with Gasteiger partial charge >= 0.3 is 6.03 Å². The van der Waals surface area contributed by atoms with E-state index < -0.39 is 16.8 Å². The second-order valence-electron chi connectivity index (χ2n) is 7.78. The maximum absolute atomic E-state index is 12.4. The zero-order valence-corrected chi connectivity index (χ0v) is 18.2. The highest BCUT2D eigenvalue weighted by Gasteiger charge is 2.23. The van der Waals surface area contributed by atoms with Crippen LogP contribution in [-0.4, -0.2) is 37.5 Å². The molecule has 0 radical (unpaired) electrons. The minimum absolute atomic E-state index is 0.366. The Morgan fingerprint density at radius 2 is 1.96 bits per heavy atom. The number of nitrogens with one attached hydrogen (secondary N) is 2. The van der Waals surface area contributed by atoms with Gasteiger partial charge in [-0.05, 0) is 47.1 Å². The molecule has 0 aliphatic heterocycles. The summed E-state index contributed by atoms with van der Waals surface area (Å²) >= 11 is 1.30. The zero-order valence-electron chi connectivity index (χ0n) is 17.4. The Morgan fingerprint density at radius 1 is 1.25 bits per heavy atom. The summed E-state index contributed by atoms with van der Waals surface area (Å²) in [6, 6.07) is 7.60. The number of thioether (sulfide) groups is 1. The number of carbonyl (C=O) groups excluding carboxylic acids is 2. The van der Waals surface area contributed by atoms with Crippen LogP contribution in [0.1, 0.15) is 46.6 Å². The SMILES string of the molecule is CCCn1c(S[C@@H](C)C(=O)NC(=O)NC(C)(C)C)nnc1-c1cccc(C)c1. The molecule has 3 amide bonds. The van der Waals surface area contributed by atoms with Crippen LogP contribution in [-0.2, 0) is 11.3 Å². The van der Waals surface area contributed by atoms with Gasteiger partial charge < -0.3 is 9.88 Å². The van der Waals surface area contributed by atoms with E-state index in [1.165, 1.54) is 11.8 Å². The molecule has 0 unspecified atom stereocenters. The summed E-state index contributed by atoms with van der Waals surface area (Å²) in [4.78, 5) is 24.3. The van der Waals surface area contributed by atoms with Gasteiger partial charge in [0.05, 0.1) is 5.25 Å². The summed E-state index contributed by atoms with van der Waals surface area (Å²) < 4.78 is 2.03. The number of hydrogen-bond donors (Lipinski definition) is 2. The second-order valence-corrected chi connectivity index (χ2v) is 9.09. The Labute approximate surface area is 170 Å². The first-order valence-corrected chi connectivity index (χ1v) is 10.3. The molecule has 0 spiro atoms. The third-order valence-electron chi connectivity index (χ3n) is 3.82. The first-order chi connectivity index (χ1) is 13.1. The monoisotopic (exact) mass is 403 g/mol. The minimum atomic E-state index is -0.500. The van der Waals surface area contributed by atoms with Gasteiger partial charge in [0.2, 0.25) is 5.91 Å². The van der Waals surface area contributed by atoms with Crippen molar-refractivity contribution in [1.29, 1.82) is 0 Å². The van der Waals surface area contributed by atoms with Crippen LogP contribution in [0.3, 0.4) is 0 Å². The maximum Gasteiger partial charge on any atom is 0.321 e. The quantitative estimate of drug-likeness (QED) is 0.717. The lowest BCUT2D eigenvalue weighted by Crippen LogP contribution is -2.49. The standard InChI is InChI=1S/C20H29N5O2S/c1-7-11-25-16(15-10-8-9-13(2)12-15)23-24-19(25)28-14(3)17(26)21-18(27)22-20(4,5)6/h8-10,12,14H,7,11H2,1-6H3,(H2,21,22,26,27)/t14-/m0/s1. The normalized spacial score (nSPS) is 12.5. The van der Waals surface area contributed by atoms with Crippen LogP contribution < -0.4 is 10.6 Å². The molecule has 0 bridgehead atoms. The molecule has 2 rings (SSSR count). The van der Waals surface area contributed by atoms with Crippen LogP contribution in [0.15, 0.2) is 29.4 Å². The van der Waals surface area contributed by atoms with Crippen molar-refractivity contribution < 1.29 is 9.59 Å². The summed E-state index contributed by atoms with van der Waals surface area (Å²) in [6.07, 6.45) is 0.916. The van der Waals surface area contributed by atoms with E-state index in [2.05, 4.69) is 33.8 Å². The maximum atomic E-state index is 12.4. The third-order valence-corrected chi connectivity index (χ3v) is 4.90. The van der Waals surface area contributed by atoms with Gasteiger partial charge in [0.15, 0.2) is 11.0 Å². The molecule has 7 nitrogen and oxygen atoms in total. The molecule has 1 heterocycles. The number of benzene rings is 1. The number of aromatic nitrogens is 3. The molecule has 1 aromatic heterocycles. The van der Waals surface area contributed by atoms with E-state index in [0.717, 1.165) is 29.9 Å². The molecule has 2 N–H and O–H groups in total. The van der Waals surface area contributed by atoms with E-state index in [-0.39, 0.29) is 5.91 Å². The van der Waals surface area contributed by atoms with E-state index in [1.54, 1.807) is 6.92 Å². The third kappa shape index (κ3) is 6.09. The highest BCUT2D eigenvalue weighted by Crippen LogP contribution is 2.27. The fourth-order valence-electron chi connectivity index (χ4n) is 2.60. The molecule has 152 valence electrons. The van der Waals surface area contributed by atoms with Gasteiger partial charge in [-0.3, -0.25) is 10.1 Å². The first-order valence-electron chi connectivity index (χ1n) is 9.40. The van der Waals surface area contributed by atoms with Crippen LogP contribution in [0.2, 0.25) is 0 Å². The number of aryl methyl sites for hydroxylation is 1. The largest absolute Gasteiger partial charge is 0.333 e. The summed E-state index contributed by atoms with van der Waals surface area (Å²) in [5.74, 6) is 0.418. The molecule has 8 heteroatoms. The van der Waals surface area contributed by atoms with E-state index in [0.29, 0.717) is 5.16 Å². The van der Waals surface area contributed by atoms with Crippen molar-refractivity contribution in [3.63, 3.8) is 0 Å². The molecule has 0 saturated heterocycles. The lowest BCUT2D eigenvalue weighted by Gasteiger charge is -2.21. The zero-order chi connectivity index (χ0) is 20.9. The minimum Gasteiger partial charge on any atom is -0.333 e. The average molecular weight is 404 g/mol. The Hall–Kier alpha value is -2.35. The number of urea groups is 1. The smallest absolute Gasteiger partial charge is 0.321 e. The Kier molecular flexibility index (Phi) is 7.23. The Morgan fingerprint density at radius 3 is 2.57 bits per heavy atom.